The van der Waals surface area contributed by atoms with Crippen molar-refractivity contribution < 1.29 is 9.59 Å². The standard InChI is InChI=1S/C16H16ClN3O2S/c17-12-5-3-11(4-6-12)10-14(21)20-8-1-2-13(20)15(22)19-16-18-7-9-23-16/h3-7,9,13H,1-2,8,10H2,(H,18,19,22). The molecule has 1 saturated heterocycles. The monoisotopic (exact) mass is 349 g/mol. The third kappa shape index (κ3) is 3.89. The average Bonchev–Trinajstić information content (AvgIpc) is 3.20. The van der Waals surface area contributed by atoms with Gasteiger partial charge < -0.3 is 10.2 Å². The lowest BCUT2D eigenvalue weighted by Gasteiger charge is -2.23. The number of carbonyl (C=O) groups excluding carboxylic acids is 2. The minimum Gasteiger partial charge on any atom is -0.330 e. The summed E-state index contributed by atoms with van der Waals surface area (Å²) in [6.07, 6.45) is 3.43. The first kappa shape index (κ1) is 16.0. The van der Waals surface area contributed by atoms with Crippen LogP contribution in [0.15, 0.2) is 35.8 Å². The summed E-state index contributed by atoms with van der Waals surface area (Å²) in [5.41, 5.74) is 0.894. The summed E-state index contributed by atoms with van der Waals surface area (Å²) in [6, 6.07) is 6.78. The summed E-state index contributed by atoms with van der Waals surface area (Å²) in [5.74, 6) is -0.203. The van der Waals surface area contributed by atoms with Crippen LogP contribution in [0.1, 0.15) is 18.4 Å². The summed E-state index contributed by atoms with van der Waals surface area (Å²) in [4.78, 5) is 30.6. The largest absolute Gasteiger partial charge is 0.330 e. The van der Waals surface area contributed by atoms with Crippen LogP contribution in [0, 0.1) is 0 Å². The third-order valence-corrected chi connectivity index (χ3v) is 4.75. The maximum Gasteiger partial charge on any atom is 0.248 e. The molecule has 23 heavy (non-hydrogen) atoms. The zero-order chi connectivity index (χ0) is 16.2. The number of hydrogen-bond acceptors (Lipinski definition) is 4. The molecule has 1 fully saturated rings. The number of hydrogen-bond donors (Lipinski definition) is 1. The maximum atomic E-state index is 12.5. The topological polar surface area (TPSA) is 62.3 Å². The zero-order valence-electron chi connectivity index (χ0n) is 12.4. The molecule has 1 aliphatic heterocycles. The lowest BCUT2D eigenvalue weighted by atomic mass is 10.1. The van der Waals surface area contributed by atoms with E-state index < -0.39 is 6.04 Å². The second-order valence-electron chi connectivity index (χ2n) is 5.37. The molecule has 0 bridgehead atoms. The molecule has 0 aliphatic carbocycles. The molecule has 1 unspecified atom stereocenters. The van der Waals surface area contributed by atoms with Crippen LogP contribution in [0.3, 0.4) is 0 Å². The SMILES string of the molecule is O=C(Nc1nccs1)C1CCCN1C(=O)Cc1ccc(Cl)cc1. The lowest BCUT2D eigenvalue weighted by molar-refractivity contribution is -0.136. The Kier molecular flexibility index (Phi) is 4.93. The molecule has 1 aromatic carbocycles. The summed E-state index contributed by atoms with van der Waals surface area (Å²) in [6.45, 7) is 0.613. The molecule has 7 heteroatoms. The van der Waals surface area contributed by atoms with Crippen molar-refractivity contribution in [3.05, 3.63) is 46.4 Å². The van der Waals surface area contributed by atoms with E-state index in [1.165, 1.54) is 11.3 Å². The van der Waals surface area contributed by atoms with Gasteiger partial charge in [-0.3, -0.25) is 9.59 Å². The highest BCUT2D eigenvalue weighted by molar-refractivity contribution is 7.13. The first-order valence-corrected chi connectivity index (χ1v) is 8.63. The number of halogens is 1. The van der Waals surface area contributed by atoms with Gasteiger partial charge >= 0.3 is 0 Å². The molecule has 1 aromatic heterocycles. The molecular weight excluding hydrogens is 334 g/mol. The molecular formula is C16H16ClN3O2S. The van der Waals surface area contributed by atoms with E-state index in [4.69, 9.17) is 11.6 Å². The fourth-order valence-electron chi connectivity index (χ4n) is 2.69. The highest BCUT2D eigenvalue weighted by Gasteiger charge is 2.34. The van der Waals surface area contributed by atoms with E-state index in [0.717, 1.165) is 12.0 Å². The van der Waals surface area contributed by atoms with Crippen LogP contribution >= 0.6 is 22.9 Å². The first-order chi connectivity index (χ1) is 11.1. The predicted molar refractivity (Wildman–Crippen MR) is 90.6 cm³/mol. The van der Waals surface area contributed by atoms with Gasteiger partial charge in [-0.15, -0.1) is 11.3 Å². The second kappa shape index (κ2) is 7.10. The van der Waals surface area contributed by atoms with Crippen LogP contribution in [0.4, 0.5) is 5.13 Å². The van der Waals surface area contributed by atoms with Gasteiger partial charge in [-0.25, -0.2) is 4.98 Å². The molecule has 5 nitrogen and oxygen atoms in total. The van der Waals surface area contributed by atoms with Crippen molar-refractivity contribution in [1.82, 2.24) is 9.88 Å². The number of aromatic nitrogens is 1. The molecule has 0 spiro atoms. The van der Waals surface area contributed by atoms with Crippen molar-refractivity contribution in [2.24, 2.45) is 0 Å². The molecule has 1 aliphatic rings. The minimum absolute atomic E-state index is 0.0379. The van der Waals surface area contributed by atoms with Crippen LogP contribution < -0.4 is 5.32 Å². The van der Waals surface area contributed by atoms with Crippen molar-refractivity contribution in [3.63, 3.8) is 0 Å². The molecule has 1 atom stereocenters. The van der Waals surface area contributed by atoms with Gasteiger partial charge in [0.25, 0.3) is 0 Å². The fraction of sp³-hybridized carbons (Fsp3) is 0.312. The van der Waals surface area contributed by atoms with Gasteiger partial charge in [0, 0.05) is 23.1 Å². The van der Waals surface area contributed by atoms with Crippen molar-refractivity contribution >= 4 is 39.9 Å². The number of amides is 2. The van der Waals surface area contributed by atoms with E-state index in [1.54, 1.807) is 28.6 Å². The van der Waals surface area contributed by atoms with Crippen molar-refractivity contribution in [3.8, 4) is 0 Å². The van der Waals surface area contributed by atoms with E-state index >= 15 is 0 Å². The normalized spacial score (nSPS) is 17.3. The predicted octanol–water partition coefficient (Wildman–Crippen LogP) is 2.97. The molecule has 0 radical (unpaired) electrons. The number of benzene rings is 1. The number of nitrogens with zero attached hydrogens (tertiary/aromatic N) is 2. The summed E-state index contributed by atoms with van der Waals surface area (Å²) in [5, 5.41) is 5.78. The van der Waals surface area contributed by atoms with Gasteiger partial charge in [0.05, 0.1) is 6.42 Å². The number of carbonyl (C=O) groups is 2. The van der Waals surface area contributed by atoms with Crippen LogP contribution in [-0.4, -0.2) is 34.3 Å². The Morgan fingerprint density at radius 2 is 2.13 bits per heavy atom. The molecule has 1 N–H and O–H groups in total. The van der Waals surface area contributed by atoms with Crippen molar-refractivity contribution in [2.75, 3.05) is 11.9 Å². The van der Waals surface area contributed by atoms with Crippen LogP contribution in [0.5, 0.6) is 0 Å². The molecule has 0 saturated carbocycles. The van der Waals surface area contributed by atoms with Crippen molar-refractivity contribution in [2.45, 2.75) is 25.3 Å². The number of anilines is 1. The summed E-state index contributed by atoms with van der Waals surface area (Å²) in [7, 11) is 0. The van der Waals surface area contributed by atoms with Crippen molar-refractivity contribution in [1.29, 1.82) is 0 Å². The molecule has 120 valence electrons. The molecule has 2 amide bonds. The highest BCUT2D eigenvalue weighted by Crippen LogP contribution is 2.21. The minimum atomic E-state index is -0.418. The van der Waals surface area contributed by atoms with Crippen LogP contribution in [-0.2, 0) is 16.0 Å². The lowest BCUT2D eigenvalue weighted by Crippen LogP contribution is -2.43. The highest BCUT2D eigenvalue weighted by atomic mass is 35.5. The Morgan fingerprint density at radius 3 is 2.83 bits per heavy atom. The molecule has 2 heterocycles. The van der Waals surface area contributed by atoms with Gasteiger partial charge in [0.15, 0.2) is 5.13 Å². The molecule has 2 aromatic rings. The Morgan fingerprint density at radius 1 is 1.35 bits per heavy atom. The van der Waals surface area contributed by atoms with E-state index in [9.17, 15) is 9.59 Å². The van der Waals surface area contributed by atoms with Gasteiger partial charge in [0.1, 0.15) is 6.04 Å². The molecule has 3 rings (SSSR count). The van der Waals surface area contributed by atoms with Crippen LogP contribution in [0.25, 0.3) is 0 Å². The van der Waals surface area contributed by atoms with Gasteiger partial charge in [-0.2, -0.15) is 0 Å². The summed E-state index contributed by atoms with van der Waals surface area (Å²) >= 11 is 7.22. The zero-order valence-corrected chi connectivity index (χ0v) is 13.9. The smallest absolute Gasteiger partial charge is 0.248 e. The second-order valence-corrected chi connectivity index (χ2v) is 6.71. The number of nitrogens with one attached hydrogen (secondary N) is 1. The quantitative estimate of drug-likeness (QED) is 0.923. The van der Waals surface area contributed by atoms with E-state index in [2.05, 4.69) is 10.3 Å². The third-order valence-electron chi connectivity index (χ3n) is 3.81. The fourth-order valence-corrected chi connectivity index (χ4v) is 3.35. The number of rotatable bonds is 4. The Hall–Kier alpha value is -1.92. The number of thiazole rings is 1. The Bertz CT molecular complexity index is 688. The Balaban J connectivity index is 1.64. The maximum absolute atomic E-state index is 12.5. The number of likely N-dealkylation sites (tertiary alicyclic amines) is 1. The van der Waals surface area contributed by atoms with Crippen LogP contribution in [0.2, 0.25) is 5.02 Å². The first-order valence-electron chi connectivity index (χ1n) is 7.38. The average molecular weight is 350 g/mol. The van der Waals surface area contributed by atoms with E-state index in [0.29, 0.717) is 23.1 Å². The van der Waals surface area contributed by atoms with Gasteiger partial charge in [0.2, 0.25) is 11.8 Å². The van der Waals surface area contributed by atoms with E-state index in [1.807, 2.05) is 12.1 Å². The summed E-state index contributed by atoms with van der Waals surface area (Å²) < 4.78 is 0. The van der Waals surface area contributed by atoms with Gasteiger partial charge in [-0.1, -0.05) is 23.7 Å². The van der Waals surface area contributed by atoms with E-state index in [-0.39, 0.29) is 18.2 Å². The van der Waals surface area contributed by atoms with Gasteiger partial charge in [-0.05, 0) is 30.5 Å². The Labute approximate surface area is 143 Å².